The van der Waals surface area contributed by atoms with E-state index in [0.717, 1.165) is 11.3 Å². The van der Waals surface area contributed by atoms with Gasteiger partial charge >= 0.3 is 0 Å². The number of carbonyl (C=O) groups is 3. The Labute approximate surface area is 150 Å². The summed E-state index contributed by atoms with van der Waals surface area (Å²) in [6.07, 6.45) is -0.137. The molecule has 0 spiro atoms. The highest BCUT2D eigenvalue weighted by molar-refractivity contribution is 6.10. The van der Waals surface area contributed by atoms with Crippen LogP contribution in [0.25, 0.3) is 0 Å². The normalized spacial score (nSPS) is 16.0. The lowest BCUT2D eigenvalue weighted by Gasteiger charge is -2.14. The van der Waals surface area contributed by atoms with Crippen LogP contribution in [0.3, 0.4) is 0 Å². The minimum atomic E-state index is -0.925. The van der Waals surface area contributed by atoms with Crippen LogP contribution in [0.2, 0.25) is 0 Å². The first kappa shape index (κ1) is 17.5. The fourth-order valence-corrected chi connectivity index (χ4v) is 2.66. The molecule has 3 rings (SSSR count). The molecule has 2 aromatic carbocycles. The molecular weight excluding hydrogens is 334 g/mol. The molecule has 3 N–H and O–H groups in total. The van der Waals surface area contributed by atoms with Crippen LogP contribution in [-0.4, -0.2) is 30.9 Å². The molecule has 0 saturated carbocycles. The molecule has 134 valence electrons. The second-order valence-electron chi connectivity index (χ2n) is 5.89. The number of hydrogen-bond acceptors (Lipinski definition) is 4. The fourth-order valence-electron chi connectivity index (χ4n) is 2.66. The highest BCUT2D eigenvalue weighted by Crippen LogP contribution is 2.18. The smallest absolute Gasteiger partial charge is 0.254 e. The summed E-state index contributed by atoms with van der Waals surface area (Å²) < 4.78 is 5.08. The highest BCUT2D eigenvalue weighted by Gasteiger charge is 2.29. The van der Waals surface area contributed by atoms with Crippen molar-refractivity contribution in [2.24, 2.45) is 0 Å². The number of fused-ring (bicyclic) bond motifs is 1. The number of hydrogen-bond donors (Lipinski definition) is 3. The third-order valence-corrected chi connectivity index (χ3v) is 4.09. The number of para-hydroxylation sites is 1. The lowest BCUT2D eigenvalue weighted by molar-refractivity contribution is -0.125. The van der Waals surface area contributed by atoms with E-state index in [-0.39, 0.29) is 18.2 Å². The maximum Gasteiger partial charge on any atom is 0.254 e. The summed E-state index contributed by atoms with van der Waals surface area (Å²) in [5.41, 5.74) is 1.72. The van der Waals surface area contributed by atoms with Crippen LogP contribution in [0, 0.1) is 0 Å². The van der Waals surface area contributed by atoms with Gasteiger partial charge in [0.1, 0.15) is 11.8 Å². The molecule has 7 nitrogen and oxygen atoms in total. The Bertz CT molecular complexity index is 833. The van der Waals surface area contributed by atoms with Gasteiger partial charge in [-0.05, 0) is 29.8 Å². The number of methoxy groups -OCH3 is 1. The number of rotatable bonds is 5. The van der Waals surface area contributed by atoms with Crippen molar-refractivity contribution in [2.45, 2.75) is 19.0 Å². The van der Waals surface area contributed by atoms with Crippen molar-refractivity contribution in [1.29, 1.82) is 0 Å². The highest BCUT2D eigenvalue weighted by atomic mass is 16.5. The van der Waals surface area contributed by atoms with E-state index in [0.29, 0.717) is 17.8 Å². The molecule has 3 amide bonds. The number of nitrogens with one attached hydrogen (secondary N) is 3. The van der Waals surface area contributed by atoms with E-state index in [9.17, 15) is 14.4 Å². The monoisotopic (exact) mass is 353 g/mol. The lowest BCUT2D eigenvalue weighted by Crippen LogP contribution is -2.44. The molecule has 0 bridgehead atoms. The Morgan fingerprint density at radius 2 is 1.85 bits per heavy atom. The van der Waals surface area contributed by atoms with Gasteiger partial charge in [-0.1, -0.05) is 24.3 Å². The first-order valence-corrected chi connectivity index (χ1v) is 8.17. The largest absolute Gasteiger partial charge is 0.497 e. The van der Waals surface area contributed by atoms with Gasteiger partial charge in [0.25, 0.3) is 5.91 Å². The van der Waals surface area contributed by atoms with E-state index in [2.05, 4.69) is 16.0 Å². The summed E-state index contributed by atoms with van der Waals surface area (Å²) in [5.74, 6) is -0.389. The number of benzene rings is 2. The van der Waals surface area contributed by atoms with Crippen LogP contribution in [0.1, 0.15) is 22.3 Å². The van der Waals surface area contributed by atoms with Gasteiger partial charge in [-0.15, -0.1) is 0 Å². The molecule has 2 aromatic rings. The van der Waals surface area contributed by atoms with Crippen molar-refractivity contribution in [2.75, 3.05) is 12.4 Å². The van der Waals surface area contributed by atoms with Gasteiger partial charge in [-0.25, -0.2) is 0 Å². The van der Waals surface area contributed by atoms with Crippen LogP contribution in [0.5, 0.6) is 5.75 Å². The molecular formula is C19H19N3O4. The van der Waals surface area contributed by atoms with Crippen LogP contribution < -0.4 is 20.7 Å². The van der Waals surface area contributed by atoms with Crippen molar-refractivity contribution < 1.29 is 19.1 Å². The van der Waals surface area contributed by atoms with Gasteiger partial charge in [-0.2, -0.15) is 0 Å². The zero-order chi connectivity index (χ0) is 18.5. The van der Waals surface area contributed by atoms with E-state index in [1.807, 2.05) is 12.1 Å². The van der Waals surface area contributed by atoms with Gasteiger partial charge in [-0.3, -0.25) is 14.4 Å². The second kappa shape index (κ2) is 7.69. The van der Waals surface area contributed by atoms with Crippen molar-refractivity contribution in [1.82, 2.24) is 10.6 Å². The summed E-state index contributed by atoms with van der Waals surface area (Å²) in [6, 6.07) is 13.1. The maximum atomic E-state index is 12.3. The van der Waals surface area contributed by atoms with E-state index < -0.39 is 11.9 Å². The predicted molar refractivity (Wildman–Crippen MR) is 95.8 cm³/mol. The van der Waals surface area contributed by atoms with Crippen molar-refractivity contribution >= 4 is 23.4 Å². The van der Waals surface area contributed by atoms with E-state index >= 15 is 0 Å². The minimum Gasteiger partial charge on any atom is -0.497 e. The number of amides is 3. The molecule has 1 heterocycles. The van der Waals surface area contributed by atoms with Crippen LogP contribution in [-0.2, 0) is 16.1 Å². The molecule has 7 heteroatoms. The van der Waals surface area contributed by atoms with Crippen LogP contribution >= 0.6 is 0 Å². The summed E-state index contributed by atoms with van der Waals surface area (Å²) in [7, 11) is 1.58. The SMILES string of the molecule is COc1ccc(CNC(=O)C[C@H]2NC(=O)c3ccccc3NC2=O)cc1. The zero-order valence-electron chi connectivity index (χ0n) is 14.2. The molecule has 0 fully saturated rings. The average Bonchev–Trinajstić information content (AvgIpc) is 2.77. The van der Waals surface area contributed by atoms with E-state index in [4.69, 9.17) is 4.74 Å². The fraction of sp³-hybridized carbons (Fsp3) is 0.211. The summed E-state index contributed by atoms with van der Waals surface area (Å²) in [5, 5.41) is 8.03. The Balaban J connectivity index is 1.58. The second-order valence-corrected chi connectivity index (χ2v) is 5.89. The number of carbonyl (C=O) groups excluding carboxylic acids is 3. The van der Waals surface area contributed by atoms with Crippen LogP contribution in [0.15, 0.2) is 48.5 Å². The van der Waals surface area contributed by atoms with Crippen molar-refractivity contribution in [3.63, 3.8) is 0 Å². The topological polar surface area (TPSA) is 96.5 Å². The van der Waals surface area contributed by atoms with Crippen LogP contribution in [0.4, 0.5) is 5.69 Å². The lowest BCUT2D eigenvalue weighted by atomic mass is 10.1. The molecule has 1 aliphatic rings. The molecule has 1 aliphatic heterocycles. The summed E-state index contributed by atoms with van der Waals surface area (Å²) in [4.78, 5) is 36.7. The van der Waals surface area contributed by atoms with Gasteiger partial charge in [0.05, 0.1) is 24.8 Å². The van der Waals surface area contributed by atoms with Gasteiger partial charge < -0.3 is 20.7 Å². The molecule has 26 heavy (non-hydrogen) atoms. The molecule has 0 radical (unpaired) electrons. The van der Waals surface area contributed by atoms with Gasteiger partial charge in [0.15, 0.2) is 0 Å². The first-order valence-electron chi connectivity index (χ1n) is 8.17. The third kappa shape index (κ3) is 4.00. The van der Waals surface area contributed by atoms with Crippen molar-refractivity contribution in [3.8, 4) is 5.75 Å². The molecule has 0 unspecified atom stereocenters. The quantitative estimate of drug-likeness (QED) is 0.758. The average molecular weight is 353 g/mol. The Hall–Kier alpha value is -3.35. The van der Waals surface area contributed by atoms with Gasteiger partial charge in [0.2, 0.25) is 11.8 Å². The molecule has 0 aliphatic carbocycles. The summed E-state index contributed by atoms with van der Waals surface area (Å²) >= 11 is 0. The molecule has 0 aromatic heterocycles. The zero-order valence-corrected chi connectivity index (χ0v) is 14.2. The maximum absolute atomic E-state index is 12.3. The Kier molecular flexibility index (Phi) is 5.17. The summed E-state index contributed by atoms with van der Waals surface area (Å²) in [6.45, 7) is 0.325. The number of ether oxygens (including phenoxy) is 1. The third-order valence-electron chi connectivity index (χ3n) is 4.09. The first-order chi connectivity index (χ1) is 12.6. The minimum absolute atomic E-state index is 0.137. The predicted octanol–water partition coefficient (Wildman–Crippen LogP) is 1.45. The molecule has 0 saturated heterocycles. The Morgan fingerprint density at radius 1 is 1.12 bits per heavy atom. The number of anilines is 1. The standard InChI is InChI=1S/C19H19N3O4/c1-26-13-8-6-12(7-9-13)11-20-17(23)10-16-19(25)21-15-5-3-2-4-14(15)18(24)22-16/h2-9,16H,10-11H2,1H3,(H,20,23)(H,21,25)(H,22,24)/t16-/m1/s1. The Morgan fingerprint density at radius 3 is 2.58 bits per heavy atom. The van der Waals surface area contributed by atoms with Gasteiger partial charge in [0, 0.05) is 6.54 Å². The van der Waals surface area contributed by atoms with E-state index in [1.165, 1.54) is 0 Å². The molecule has 1 atom stereocenters. The van der Waals surface area contributed by atoms with E-state index in [1.54, 1.807) is 43.5 Å². The van der Waals surface area contributed by atoms with Crippen molar-refractivity contribution in [3.05, 3.63) is 59.7 Å².